The molecule has 0 aliphatic carbocycles. The fraction of sp³-hybridized carbons (Fsp3) is 0.346. The van der Waals surface area contributed by atoms with Crippen LogP contribution in [0.1, 0.15) is 29.7 Å². The van der Waals surface area contributed by atoms with Crippen LogP contribution in [0.4, 0.5) is 5.69 Å². The highest BCUT2D eigenvalue weighted by atomic mass is 16.5. The van der Waals surface area contributed by atoms with Gasteiger partial charge in [-0.15, -0.1) is 0 Å². The van der Waals surface area contributed by atoms with Crippen LogP contribution in [-0.4, -0.2) is 35.7 Å². The Bertz CT molecular complexity index is 1070. The van der Waals surface area contributed by atoms with Gasteiger partial charge in [-0.05, 0) is 49.1 Å². The molecular formula is C26H28N4O2. The van der Waals surface area contributed by atoms with E-state index >= 15 is 0 Å². The molecule has 0 unspecified atom stereocenters. The van der Waals surface area contributed by atoms with Crippen LogP contribution in [0.3, 0.4) is 0 Å². The lowest BCUT2D eigenvalue weighted by Crippen LogP contribution is -2.26. The van der Waals surface area contributed by atoms with Crippen molar-refractivity contribution in [1.29, 1.82) is 5.26 Å². The maximum absolute atomic E-state index is 13.2. The number of aryl methyl sites for hydroxylation is 1. The molecule has 1 aliphatic heterocycles. The molecule has 0 saturated carbocycles. The SMILES string of the molecule is COC[C@@H]1CN(c2ccccc2)C(=O)[C@@H]1CCCc1cncn1Cc1ccc(C#N)cc1. The summed E-state index contributed by atoms with van der Waals surface area (Å²) >= 11 is 0. The third-order valence-electron chi connectivity index (χ3n) is 6.20. The molecule has 3 aromatic rings. The third kappa shape index (κ3) is 4.90. The number of benzene rings is 2. The largest absolute Gasteiger partial charge is 0.384 e. The van der Waals surface area contributed by atoms with Crippen molar-refractivity contribution in [3.05, 3.63) is 83.9 Å². The molecule has 2 atom stereocenters. The summed E-state index contributed by atoms with van der Waals surface area (Å²) in [5.74, 6) is 0.380. The van der Waals surface area contributed by atoms with E-state index in [0.717, 1.165) is 42.8 Å². The predicted octanol–water partition coefficient (Wildman–Crippen LogP) is 4.05. The predicted molar refractivity (Wildman–Crippen MR) is 123 cm³/mol. The minimum absolute atomic E-state index is 0.0231. The molecular weight excluding hydrogens is 400 g/mol. The third-order valence-corrected chi connectivity index (χ3v) is 6.20. The number of aromatic nitrogens is 2. The fourth-order valence-corrected chi connectivity index (χ4v) is 4.52. The van der Waals surface area contributed by atoms with Crippen molar-refractivity contribution < 1.29 is 9.53 Å². The zero-order valence-corrected chi connectivity index (χ0v) is 18.4. The molecule has 1 saturated heterocycles. The van der Waals surface area contributed by atoms with Crippen LogP contribution in [0.5, 0.6) is 0 Å². The average Bonchev–Trinajstić information content (AvgIpc) is 3.39. The zero-order chi connectivity index (χ0) is 22.3. The Kier molecular flexibility index (Phi) is 6.98. The Morgan fingerprint density at radius 2 is 1.94 bits per heavy atom. The molecule has 1 aromatic heterocycles. The van der Waals surface area contributed by atoms with Crippen molar-refractivity contribution in [2.75, 3.05) is 25.2 Å². The number of nitriles is 1. The molecule has 0 N–H and O–H groups in total. The molecule has 6 nitrogen and oxygen atoms in total. The first-order valence-electron chi connectivity index (χ1n) is 11.0. The summed E-state index contributed by atoms with van der Waals surface area (Å²) in [6.07, 6.45) is 6.36. The van der Waals surface area contributed by atoms with E-state index < -0.39 is 0 Å². The van der Waals surface area contributed by atoms with Crippen molar-refractivity contribution in [2.45, 2.75) is 25.8 Å². The first-order chi connectivity index (χ1) is 15.7. The summed E-state index contributed by atoms with van der Waals surface area (Å²) in [7, 11) is 1.70. The number of methoxy groups -OCH3 is 1. The summed E-state index contributed by atoms with van der Waals surface area (Å²) in [5, 5.41) is 8.97. The zero-order valence-electron chi connectivity index (χ0n) is 18.4. The van der Waals surface area contributed by atoms with Crippen LogP contribution in [0.2, 0.25) is 0 Å². The number of hydrogen-bond donors (Lipinski definition) is 0. The molecule has 1 aliphatic rings. The first-order valence-corrected chi connectivity index (χ1v) is 11.0. The molecule has 2 heterocycles. The quantitative estimate of drug-likeness (QED) is 0.515. The van der Waals surface area contributed by atoms with E-state index in [9.17, 15) is 4.79 Å². The standard InChI is InChI=1S/C26H28N4O2/c1-32-18-22-17-30(23-6-3-2-4-7-23)26(31)25(22)9-5-8-24-15-28-19-29(24)16-21-12-10-20(14-27)11-13-21/h2-4,6-7,10-13,15,19,22,25H,5,8-9,16-18H2,1H3/t22-,25+/m0/s1. The van der Waals surface area contributed by atoms with Crippen molar-refractivity contribution in [2.24, 2.45) is 11.8 Å². The minimum Gasteiger partial charge on any atom is -0.384 e. The molecule has 164 valence electrons. The Morgan fingerprint density at radius 1 is 1.16 bits per heavy atom. The van der Waals surface area contributed by atoms with Gasteiger partial charge in [0.2, 0.25) is 5.91 Å². The number of carbonyl (C=O) groups is 1. The number of ether oxygens (including phenoxy) is 1. The monoisotopic (exact) mass is 428 g/mol. The second-order valence-electron chi connectivity index (χ2n) is 8.32. The highest BCUT2D eigenvalue weighted by Crippen LogP contribution is 2.33. The summed E-state index contributed by atoms with van der Waals surface area (Å²) in [6, 6.07) is 19.7. The highest BCUT2D eigenvalue weighted by Gasteiger charge is 2.40. The van der Waals surface area contributed by atoms with Crippen LogP contribution in [0.15, 0.2) is 67.1 Å². The maximum atomic E-state index is 13.2. The maximum Gasteiger partial charge on any atom is 0.230 e. The average molecular weight is 429 g/mol. The van der Waals surface area contributed by atoms with Gasteiger partial charge in [-0.3, -0.25) is 4.79 Å². The molecule has 32 heavy (non-hydrogen) atoms. The number of anilines is 1. The Hall–Kier alpha value is -3.43. The number of rotatable bonds is 9. The molecule has 1 fully saturated rings. The number of hydrogen-bond acceptors (Lipinski definition) is 4. The lowest BCUT2D eigenvalue weighted by molar-refractivity contribution is -0.121. The minimum atomic E-state index is -0.0231. The van der Waals surface area contributed by atoms with Crippen molar-refractivity contribution in [1.82, 2.24) is 9.55 Å². The molecule has 0 bridgehead atoms. The molecule has 6 heteroatoms. The van der Waals surface area contributed by atoms with E-state index in [-0.39, 0.29) is 17.7 Å². The van der Waals surface area contributed by atoms with Crippen molar-refractivity contribution in [3.8, 4) is 6.07 Å². The second-order valence-corrected chi connectivity index (χ2v) is 8.32. The number of para-hydroxylation sites is 1. The van der Waals surface area contributed by atoms with Gasteiger partial charge in [0.05, 0.1) is 24.6 Å². The van der Waals surface area contributed by atoms with E-state index in [1.165, 1.54) is 0 Å². The van der Waals surface area contributed by atoms with Gasteiger partial charge < -0.3 is 14.2 Å². The number of nitrogens with zero attached hydrogens (tertiary/aromatic N) is 4. The molecule has 1 amide bonds. The molecule has 2 aromatic carbocycles. The van der Waals surface area contributed by atoms with E-state index in [1.54, 1.807) is 7.11 Å². The molecule has 4 rings (SSSR count). The van der Waals surface area contributed by atoms with Crippen LogP contribution < -0.4 is 4.90 Å². The van der Waals surface area contributed by atoms with Crippen LogP contribution in [-0.2, 0) is 22.5 Å². The number of carbonyl (C=O) groups excluding carboxylic acids is 1. The first kappa shape index (κ1) is 21.8. The van der Waals surface area contributed by atoms with Gasteiger partial charge >= 0.3 is 0 Å². The summed E-state index contributed by atoms with van der Waals surface area (Å²) in [6.45, 7) is 2.02. The second kappa shape index (κ2) is 10.3. The van der Waals surface area contributed by atoms with Gasteiger partial charge in [0.25, 0.3) is 0 Å². The van der Waals surface area contributed by atoms with E-state index in [2.05, 4.69) is 15.6 Å². The van der Waals surface area contributed by atoms with Gasteiger partial charge in [-0.1, -0.05) is 30.3 Å². The van der Waals surface area contributed by atoms with Crippen LogP contribution >= 0.6 is 0 Å². The van der Waals surface area contributed by atoms with Gasteiger partial charge in [-0.2, -0.15) is 5.26 Å². The lowest BCUT2D eigenvalue weighted by atomic mass is 9.91. The number of imidazole rings is 1. The van der Waals surface area contributed by atoms with Crippen LogP contribution in [0.25, 0.3) is 0 Å². The highest BCUT2D eigenvalue weighted by molar-refractivity contribution is 5.97. The van der Waals surface area contributed by atoms with Gasteiger partial charge in [0.1, 0.15) is 0 Å². The summed E-state index contributed by atoms with van der Waals surface area (Å²) in [4.78, 5) is 19.4. The normalized spacial score (nSPS) is 18.1. The van der Waals surface area contributed by atoms with E-state index in [1.807, 2.05) is 72.0 Å². The van der Waals surface area contributed by atoms with Gasteiger partial charge in [0.15, 0.2) is 0 Å². The van der Waals surface area contributed by atoms with Crippen LogP contribution in [0, 0.1) is 23.2 Å². The Morgan fingerprint density at radius 3 is 2.66 bits per heavy atom. The van der Waals surface area contributed by atoms with E-state index in [0.29, 0.717) is 18.7 Å². The number of amides is 1. The van der Waals surface area contributed by atoms with Crippen molar-refractivity contribution in [3.63, 3.8) is 0 Å². The Balaban J connectivity index is 1.37. The fourth-order valence-electron chi connectivity index (χ4n) is 4.52. The van der Waals surface area contributed by atoms with E-state index in [4.69, 9.17) is 10.00 Å². The van der Waals surface area contributed by atoms with Crippen molar-refractivity contribution >= 4 is 11.6 Å². The smallest absolute Gasteiger partial charge is 0.230 e. The Labute approximate surface area is 189 Å². The summed E-state index contributed by atoms with van der Waals surface area (Å²) in [5.41, 5.74) is 3.91. The topological polar surface area (TPSA) is 71.2 Å². The van der Waals surface area contributed by atoms with Gasteiger partial charge in [0, 0.05) is 49.6 Å². The van der Waals surface area contributed by atoms with Gasteiger partial charge in [-0.25, -0.2) is 4.98 Å². The molecule has 0 radical (unpaired) electrons. The molecule has 0 spiro atoms. The summed E-state index contributed by atoms with van der Waals surface area (Å²) < 4.78 is 7.57. The lowest BCUT2D eigenvalue weighted by Gasteiger charge is -2.16.